The van der Waals surface area contributed by atoms with Gasteiger partial charge in [0.15, 0.2) is 0 Å². The van der Waals surface area contributed by atoms with E-state index in [-0.39, 0.29) is 17.4 Å². The summed E-state index contributed by atoms with van der Waals surface area (Å²) in [6.45, 7) is 2.47. The largest absolute Gasteiger partial charge is 0.465 e. The molecule has 3 aromatic rings. The quantitative estimate of drug-likeness (QED) is 0.448. The molecule has 2 aromatic heterocycles. The summed E-state index contributed by atoms with van der Waals surface area (Å²) in [5.74, 6) is -0.472. The molecule has 0 unspecified atom stereocenters. The fraction of sp³-hybridized carbons (Fsp3) is 0.286. The molecular formula is C28H27N5O4. The Morgan fingerprint density at radius 1 is 1.11 bits per heavy atom. The molecule has 188 valence electrons. The normalized spacial score (nSPS) is 12.4. The maximum absolute atomic E-state index is 12.6. The fourth-order valence-electron chi connectivity index (χ4n) is 3.92. The van der Waals surface area contributed by atoms with Crippen LogP contribution in [0.3, 0.4) is 0 Å². The van der Waals surface area contributed by atoms with Crippen LogP contribution < -0.4 is 10.2 Å². The van der Waals surface area contributed by atoms with E-state index in [0.29, 0.717) is 53.6 Å². The van der Waals surface area contributed by atoms with Crippen molar-refractivity contribution >= 4 is 23.5 Å². The second-order valence-electron chi connectivity index (χ2n) is 8.90. The summed E-state index contributed by atoms with van der Waals surface area (Å²) in [5, 5.41) is 11.7. The fourth-order valence-corrected chi connectivity index (χ4v) is 3.92. The first-order chi connectivity index (χ1) is 17.9. The van der Waals surface area contributed by atoms with E-state index in [1.165, 1.54) is 20.2 Å². The van der Waals surface area contributed by atoms with Gasteiger partial charge in [-0.15, -0.1) is 0 Å². The number of hydrogen-bond donors (Lipinski definition) is 1. The Morgan fingerprint density at radius 3 is 2.51 bits per heavy atom. The Bertz CT molecular complexity index is 1340. The van der Waals surface area contributed by atoms with Gasteiger partial charge in [-0.05, 0) is 61.1 Å². The summed E-state index contributed by atoms with van der Waals surface area (Å²) < 4.78 is 4.98. The molecule has 1 aliphatic rings. The number of nitriles is 1. The van der Waals surface area contributed by atoms with E-state index < -0.39 is 5.97 Å². The first-order valence-electron chi connectivity index (χ1n) is 12.0. The number of anilines is 1. The van der Waals surface area contributed by atoms with Gasteiger partial charge in [-0.2, -0.15) is 5.26 Å². The van der Waals surface area contributed by atoms with Gasteiger partial charge in [-0.3, -0.25) is 14.6 Å². The number of nitrogens with one attached hydrogen (secondary N) is 1. The highest BCUT2D eigenvalue weighted by atomic mass is 16.5. The Morgan fingerprint density at radius 2 is 1.92 bits per heavy atom. The second kappa shape index (κ2) is 11.4. The van der Waals surface area contributed by atoms with Crippen molar-refractivity contribution in [3.63, 3.8) is 0 Å². The molecule has 9 heteroatoms. The van der Waals surface area contributed by atoms with Gasteiger partial charge in [-0.1, -0.05) is 12.1 Å². The Labute approximate surface area is 215 Å². The van der Waals surface area contributed by atoms with Crippen LogP contribution in [0.4, 0.5) is 5.69 Å². The summed E-state index contributed by atoms with van der Waals surface area (Å²) in [7, 11) is 1.31. The predicted octanol–water partition coefficient (Wildman–Crippen LogP) is 3.54. The number of carbonyl (C=O) groups excluding carboxylic acids is 3. The minimum atomic E-state index is -0.535. The minimum Gasteiger partial charge on any atom is -0.465 e. The van der Waals surface area contributed by atoms with Gasteiger partial charge in [0.1, 0.15) is 11.8 Å². The highest BCUT2D eigenvalue weighted by Crippen LogP contribution is 2.34. The smallest absolute Gasteiger partial charge is 0.340 e. The Balaban J connectivity index is 1.46. The molecule has 0 bridgehead atoms. The molecule has 0 radical (unpaired) electrons. The van der Waals surface area contributed by atoms with Gasteiger partial charge >= 0.3 is 5.97 Å². The van der Waals surface area contributed by atoms with Crippen molar-refractivity contribution in [2.45, 2.75) is 26.2 Å². The highest BCUT2D eigenvalue weighted by molar-refractivity contribution is 6.03. The first kappa shape index (κ1) is 25.5. The number of hydrogen-bond acceptors (Lipinski definition) is 7. The third kappa shape index (κ3) is 6.35. The van der Waals surface area contributed by atoms with Crippen molar-refractivity contribution in [2.24, 2.45) is 5.92 Å². The van der Waals surface area contributed by atoms with Crippen molar-refractivity contribution in [2.75, 3.05) is 25.1 Å². The molecule has 4 rings (SSSR count). The zero-order valence-corrected chi connectivity index (χ0v) is 20.7. The van der Waals surface area contributed by atoms with E-state index in [1.807, 2.05) is 12.1 Å². The van der Waals surface area contributed by atoms with Crippen LogP contribution >= 0.6 is 0 Å². The van der Waals surface area contributed by atoms with Crippen LogP contribution in [0, 0.1) is 17.2 Å². The molecular weight excluding hydrogens is 470 g/mol. The molecule has 1 fully saturated rings. The van der Waals surface area contributed by atoms with Crippen molar-refractivity contribution in [3.05, 3.63) is 77.2 Å². The highest BCUT2D eigenvalue weighted by Gasteiger charge is 2.29. The van der Waals surface area contributed by atoms with Gasteiger partial charge in [0.2, 0.25) is 5.91 Å². The van der Waals surface area contributed by atoms with E-state index >= 15 is 0 Å². The average molecular weight is 498 g/mol. The molecule has 1 N–H and O–H groups in total. The third-order valence-electron chi connectivity index (χ3n) is 6.17. The number of pyridine rings is 2. The van der Waals surface area contributed by atoms with Crippen LogP contribution in [0.25, 0.3) is 11.3 Å². The van der Waals surface area contributed by atoms with Crippen LogP contribution in [0.5, 0.6) is 0 Å². The van der Waals surface area contributed by atoms with Crippen LogP contribution in [0.1, 0.15) is 51.7 Å². The van der Waals surface area contributed by atoms with Crippen LogP contribution in [0.2, 0.25) is 0 Å². The zero-order chi connectivity index (χ0) is 26.4. The van der Waals surface area contributed by atoms with Crippen LogP contribution in [-0.2, 0) is 16.0 Å². The van der Waals surface area contributed by atoms with E-state index in [0.717, 1.165) is 18.4 Å². The second-order valence-corrected chi connectivity index (χ2v) is 8.90. The average Bonchev–Trinajstić information content (AvgIpc) is 3.75. The number of esters is 1. The zero-order valence-electron chi connectivity index (χ0n) is 20.7. The number of amides is 2. The number of rotatable bonds is 9. The van der Waals surface area contributed by atoms with Crippen molar-refractivity contribution in [1.29, 1.82) is 5.26 Å². The molecule has 1 aromatic carbocycles. The van der Waals surface area contributed by atoms with E-state index in [4.69, 9.17) is 10.00 Å². The lowest BCUT2D eigenvalue weighted by atomic mass is 10.0. The van der Waals surface area contributed by atoms with Crippen molar-refractivity contribution in [1.82, 2.24) is 15.3 Å². The van der Waals surface area contributed by atoms with Gasteiger partial charge in [-0.25, -0.2) is 9.78 Å². The molecule has 0 spiro atoms. The Kier molecular flexibility index (Phi) is 7.89. The predicted molar refractivity (Wildman–Crippen MR) is 137 cm³/mol. The van der Waals surface area contributed by atoms with Crippen molar-refractivity contribution in [3.8, 4) is 17.3 Å². The van der Waals surface area contributed by atoms with Gasteiger partial charge < -0.3 is 15.0 Å². The van der Waals surface area contributed by atoms with Gasteiger partial charge in [0.05, 0.1) is 29.6 Å². The van der Waals surface area contributed by atoms with Crippen molar-refractivity contribution < 1.29 is 19.1 Å². The van der Waals surface area contributed by atoms with Gasteiger partial charge in [0.25, 0.3) is 5.91 Å². The molecule has 2 heterocycles. The monoisotopic (exact) mass is 497 g/mol. The lowest BCUT2D eigenvalue weighted by Crippen LogP contribution is -2.32. The maximum atomic E-state index is 12.6. The molecule has 9 nitrogen and oxygen atoms in total. The van der Waals surface area contributed by atoms with E-state index in [1.54, 1.807) is 47.5 Å². The summed E-state index contributed by atoms with van der Waals surface area (Å²) in [5.41, 5.74) is 3.71. The number of carbonyl (C=O) groups is 3. The SMILES string of the molecule is COC(=O)c1cc(-c2ccc(C(=O)NCCc3ccc(C#N)nc3)cn2)ccc1N(CC1CC1)C(C)=O. The van der Waals surface area contributed by atoms with Gasteiger partial charge in [0, 0.05) is 38.0 Å². The molecule has 0 aliphatic heterocycles. The van der Waals surface area contributed by atoms with Crippen LogP contribution in [0.15, 0.2) is 54.9 Å². The van der Waals surface area contributed by atoms with E-state index in [9.17, 15) is 14.4 Å². The number of nitrogens with zero attached hydrogens (tertiary/aromatic N) is 4. The number of methoxy groups -OCH3 is 1. The molecule has 0 atom stereocenters. The maximum Gasteiger partial charge on any atom is 0.340 e. The Hall–Kier alpha value is -4.58. The molecule has 1 saturated carbocycles. The summed E-state index contributed by atoms with van der Waals surface area (Å²) in [4.78, 5) is 47.5. The molecule has 2 amide bonds. The third-order valence-corrected chi connectivity index (χ3v) is 6.17. The first-order valence-corrected chi connectivity index (χ1v) is 12.0. The standard InChI is InChI=1S/C28H27N5O4/c1-18(34)33(17-20-3-4-20)26-10-7-21(13-24(26)28(36)37-2)25-9-6-22(16-32-25)27(35)30-12-11-19-5-8-23(14-29)31-15-19/h5-10,13,15-16,20H,3-4,11-12,17H2,1-2H3,(H,30,35). The molecule has 37 heavy (non-hydrogen) atoms. The summed E-state index contributed by atoms with van der Waals surface area (Å²) in [6, 6.07) is 14.0. The molecule has 1 aliphatic carbocycles. The minimum absolute atomic E-state index is 0.131. The van der Waals surface area contributed by atoms with Crippen LogP contribution in [-0.4, -0.2) is 48.0 Å². The van der Waals surface area contributed by atoms with E-state index in [2.05, 4.69) is 15.3 Å². The lowest BCUT2D eigenvalue weighted by molar-refractivity contribution is -0.116. The summed E-state index contributed by atoms with van der Waals surface area (Å²) >= 11 is 0. The molecule has 0 saturated heterocycles. The number of benzene rings is 1. The summed E-state index contributed by atoms with van der Waals surface area (Å²) in [6.07, 6.45) is 5.83. The topological polar surface area (TPSA) is 125 Å². The number of aromatic nitrogens is 2. The number of ether oxygens (including phenoxy) is 1. The lowest BCUT2D eigenvalue weighted by Gasteiger charge is -2.23.